The van der Waals surface area contributed by atoms with Crippen LogP contribution >= 0.6 is 0 Å². The molecule has 8 heteroatoms. The Balaban J connectivity index is 1.87. The number of carbonyl (C=O) groups is 2. The molecule has 0 saturated carbocycles. The molecule has 134 valence electrons. The standard InChI is InChI=1S/C18H20N6O2/c1-2-15(26)23-9-8-13(10-23)22-18-16(17(19)20-11-21-18)24(12-25)14-6-4-3-5-7-14/h2-7,11-13H,1,8-10H2,(H3,19,20,21,22)/t13-/m1/s1. The van der Waals surface area contributed by atoms with Gasteiger partial charge in [-0.15, -0.1) is 0 Å². The smallest absolute Gasteiger partial charge is 0.246 e. The average molecular weight is 352 g/mol. The number of nitrogens with zero attached hydrogens (tertiary/aromatic N) is 4. The first-order chi connectivity index (χ1) is 12.6. The van der Waals surface area contributed by atoms with E-state index in [1.807, 2.05) is 18.2 Å². The Kier molecular flexibility index (Phi) is 5.12. The maximum Gasteiger partial charge on any atom is 0.246 e. The van der Waals surface area contributed by atoms with Crippen molar-refractivity contribution >= 4 is 35.3 Å². The Bertz CT molecular complexity index is 811. The van der Waals surface area contributed by atoms with Gasteiger partial charge in [-0.3, -0.25) is 14.5 Å². The van der Waals surface area contributed by atoms with Crippen LogP contribution in [-0.2, 0) is 9.59 Å². The van der Waals surface area contributed by atoms with Gasteiger partial charge >= 0.3 is 0 Å². The highest BCUT2D eigenvalue weighted by atomic mass is 16.2. The minimum atomic E-state index is -0.101. The summed E-state index contributed by atoms with van der Waals surface area (Å²) in [7, 11) is 0. The highest BCUT2D eigenvalue weighted by molar-refractivity contribution is 5.95. The van der Waals surface area contributed by atoms with Crippen LogP contribution in [-0.4, -0.2) is 46.3 Å². The quantitative estimate of drug-likeness (QED) is 0.604. The van der Waals surface area contributed by atoms with Crippen molar-refractivity contribution in [2.45, 2.75) is 12.5 Å². The minimum absolute atomic E-state index is 0.00350. The number of benzene rings is 1. The first-order valence-corrected chi connectivity index (χ1v) is 8.22. The monoisotopic (exact) mass is 352 g/mol. The van der Waals surface area contributed by atoms with Crippen molar-refractivity contribution in [3.05, 3.63) is 49.3 Å². The van der Waals surface area contributed by atoms with E-state index in [1.54, 1.807) is 17.0 Å². The summed E-state index contributed by atoms with van der Waals surface area (Å²) in [6.45, 7) is 4.68. The number of rotatable bonds is 6. The van der Waals surface area contributed by atoms with Crippen LogP contribution in [0.3, 0.4) is 0 Å². The molecule has 3 rings (SSSR count). The van der Waals surface area contributed by atoms with Crippen molar-refractivity contribution in [3.8, 4) is 0 Å². The van der Waals surface area contributed by atoms with E-state index in [0.29, 0.717) is 36.7 Å². The molecule has 1 aromatic carbocycles. The fraction of sp³-hybridized carbons (Fsp3) is 0.222. The number of nitrogens with one attached hydrogen (secondary N) is 1. The highest BCUT2D eigenvalue weighted by Crippen LogP contribution is 2.34. The lowest BCUT2D eigenvalue weighted by Crippen LogP contribution is -2.31. The lowest BCUT2D eigenvalue weighted by atomic mass is 10.2. The van der Waals surface area contributed by atoms with Crippen LogP contribution in [0.1, 0.15) is 6.42 Å². The number of hydrogen-bond acceptors (Lipinski definition) is 6. The molecule has 1 aliphatic rings. The molecule has 0 radical (unpaired) electrons. The Morgan fingerprint density at radius 2 is 2.12 bits per heavy atom. The number of amides is 2. The van der Waals surface area contributed by atoms with Crippen molar-refractivity contribution < 1.29 is 9.59 Å². The van der Waals surface area contributed by atoms with E-state index in [4.69, 9.17) is 5.73 Å². The molecular formula is C18H20N6O2. The van der Waals surface area contributed by atoms with Crippen LogP contribution in [0.25, 0.3) is 0 Å². The van der Waals surface area contributed by atoms with E-state index in [2.05, 4.69) is 21.9 Å². The molecule has 2 amide bonds. The van der Waals surface area contributed by atoms with E-state index in [0.717, 1.165) is 6.42 Å². The second-order valence-electron chi connectivity index (χ2n) is 5.89. The topological polar surface area (TPSA) is 104 Å². The molecule has 0 unspecified atom stereocenters. The van der Waals surface area contributed by atoms with Crippen LogP contribution in [0.2, 0.25) is 0 Å². The molecule has 2 heterocycles. The summed E-state index contributed by atoms with van der Waals surface area (Å²) in [6.07, 6.45) is 4.09. The van der Waals surface area contributed by atoms with Gasteiger partial charge in [0, 0.05) is 24.8 Å². The predicted molar refractivity (Wildman–Crippen MR) is 99.9 cm³/mol. The number of carbonyl (C=O) groups excluding carboxylic acids is 2. The maximum atomic E-state index is 11.8. The van der Waals surface area contributed by atoms with E-state index in [-0.39, 0.29) is 17.8 Å². The Morgan fingerprint density at radius 3 is 2.81 bits per heavy atom. The van der Waals surface area contributed by atoms with E-state index in [1.165, 1.54) is 17.3 Å². The van der Waals surface area contributed by atoms with Crippen molar-refractivity contribution in [2.75, 3.05) is 29.0 Å². The van der Waals surface area contributed by atoms with Gasteiger partial charge in [-0.25, -0.2) is 9.97 Å². The molecule has 3 N–H and O–H groups in total. The maximum absolute atomic E-state index is 11.8. The Labute approximate surface area is 151 Å². The molecule has 1 aliphatic heterocycles. The van der Waals surface area contributed by atoms with Gasteiger partial charge in [0.15, 0.2) is 11.6 Å². The SMILES string of the molecule is C=CC(=O)N1CC[C@@H](Nc2ncnc(N)c2N(C=O)c2ccccc2)C1. The van der Waals surface area contributed by atoms with Crippen molar-refractivity contribution in [1.82, 2.24) is 14.9 Å². The first-order valence-electron chi connectivity index (χ1n) is 8.22. The molecule has 26 heavy (non-hydrogen) atoms. The zero-order valence-corrected chi connectivity index (χ0v) is 14.2. The molecular weight excluding hydrogens is 332 g/mol. The van der Waals surface area contributed by atoms with Crippen molar-refractivity contribution in [3.63, 3.8) is 0 Å². The third-order valence-electron chi connectivity index (χ3n) is 4.25. The second-order valence-corrected chi connectivity index (χ2v) is 5.89. The molecule has 1 saturated heterocycles. The third kappa shape index (κ3) is 3.49. The zero-order valence-electron chi connectivity index (χ0n) is 14.2. The van der Waals surface area contributed by atoms with Gasteiger partial charge in [0.1, 0.15) is 12.0 Å². The van der Waals surface area contributed by atoms with Gasteiger partial charge in [-0.2, -0.15) is 0 Å². The Morgan fingerprint density at radius 1 is 1.35 bits per heavy atom. The van der Waals surface area contributed by atoms with E-state index >= 15 is 0 Å². The first kappa shape index (κ1) is 17.4. The number of likely N-dealkylation sites (tertiary alicyclic amines) is 1. The molecule has 0 bridgehead atoms. The molecule has 1 fully saturated rings. The number of nitrogens with two attached hydrogens (primary N) is 1. The average Bonchev–Trinajstić information content (AvgIpc) is 3.13. The van der Waals surface area contributed by atoms with E-state index < -0.39 is 0 Å². The number of anilines is 4. The molecule has 1 aromatic heterocycles. The van der Waals surface area contributed by atoms with Gasteiger partial charge in [-0.1, -0.05) is 24.8 Å². The summed E-state index contributed by atoms with van der Waals surface area (Å²) in [6, 6.07) is 9.11. The number of nitrogen functional groups attached to an aromatic ring is 1. The summed E-state index contributed by atoms with van der Waals surface area (Å²) >= 11 is 0. The molecule has 1 atom stereocenters. The minimum Gasteiger partial charge on any atom is -0.382 e. The largest absolute Gasteiger partial charge is 0.382 e. The van der Waals surface area contributed by atoms with Gasteiger partial charge in [0.2, 0.25) is 12.3 Å². The molecule has 2 aromatic rings. The number of para-hydroxylation sites is 1. The molecule has 0 spiro atoms. The Hall–Kier alpha value is -3.42. The molecule has 8 nitrogen and oxygen atoms in total. The molecule has 0 aliphatic carbocycles. The van der Waals surface area contributed by atoms with Crippen LogP contribution in [0.15, 0.2) is 49.3 Å². The van der Waals surface area contributed by atoms with Crippen LogP contribution in [0.4, 0.5) is 23.0 Å². The number of aromatic nitrogens is 2. The summed E-state index contributed by atoms with van der Waals surface area (Å²) in [5, 5.41) is 3.28. The lowest BCUT2D eigenvalue weighted by Gasteiger charge is -2.23. The zero-order chi connectivity index (χ0) is 18.5. The highest BCUT2D eigenvalue weighted by Gasteiger charge is 2.27. The fourth-order valence-corrected chi connectivity index (χ4v) is 2.97. The van der Waals surface area contributed by atoms with Gasteiger partial charge in [-0.05, 0) is 24.6 Å². The van der Waals surface area contributed by atoms with E-state index in [9.17, 15) is 9.59 Å². The van der Waals surface area contributed by atoms with Gasteiger partial charge in [0.25, 0.3) is 0 Å². The van der Waals surface area contributed by atoms with Gasteiger partial charge in [0.05, 0.1) is 0 Å². The van der Waals surface area contributed by atoms with Crippen LogP contribution < -0.4 is 16.0 Å². The summed E-state index contributed by atoms with van der Waals surface area (Å²) in [5.41, 5.74) is 7.08. The second kappa shape index (κ2) is 7.64. The van der Waals surface area contributed by atoms with Crippen molar-refractivity contribution in [1.29, 1.82) is 0 Å². The van der Waals surface area contributed by atoms with Crippen LogP contribution in [0, 0.1) is 0 Å². The number of hydrogen-bond donors (Lipinski definition) is 2. The normalized spacial score (nSPS) is 16.2. The van der Waals surface area contributed by atoms with Crippen molar-refractivity contribution in [2.24, 2.45) is 0 Å². The third-order valence-corrected chi connectivity index (χ3v) is 4.25. The summed E-state index contributed by atoms with van der Waals surface area (Å²) < 4.78 is 0. The summed E-state index contributed by atoms with van der Waals surface area (Å²) in [5.74, 6) is 0.539. The fourth-order valence-electron chi connectivity index (χ4n) is 2.97. The van der Waals surface area contributed by atoms with Crippen LogP contribution in [0.5, 0.6) is 0 Å². The predicted octanol–water partition coefficient (Wildman–Crippen LogP) is 1.55. The summed E-state index contributed by atoms with van der Waals surface area (Å²) in [4.78, 5) is 34.9. The lowest BCUT2D eigenvalue weighted by molar-refractivity contribution is -0.125. The van der Waals surface area contributed by atoms with Gasteiger partial charge < -0.3 is 16.0 Å².